The van der Waals surface area contributed by atoms with Gasteiger partial charge in [-0.3, -0.25) is 14.3 Å². The summed E-state index contributed by atoms with van der Waals surface area (Å²) in [6.07, 6.45) is 7.51. The smallest absolute Gasteiger partial charge is 0.242 e. The van der Waals surface area contributed by atoms with Gasteiger partial charge in [0.1, 0.15) is 12.1 Å². The Labute approximate surface area is 147 Å². The zero-order valence-corrected chi connectivity index (χ0v) is 14.3. The van der Waals surface area contributed by atoms with Crippen LogP contribution < -0.4 is 5.32 Å². The molecule has 0 radical (unpaired) electrons. The second-order valence-corrected chi connectivity index (χ2v) is 6.03. The number of pyridine rings is 1. The highest BCUT2D eigenvalue weighted by molar-refractivity contribution is 5.94. The predicted molar refractivity (Wildman–Crippen MR) is 97.6 cm³/mol. The average molecular weight is 335 g/mol. The Kier molecular flexibility index (Phi) is 5.20. The molecule has 3 aromatic rings. The number of amides is 1. The van der Waals surface area contributed by atoms with Gasteiger partial charge in [-0.05, 0) is 38.2 Å². The van der Waals surface area contributed by atoms with Crippen molar-refractivity contribution in [1.82, 2.24) is 19.4 Å². The van der Waals surface area contributed by atoms with Crippen LogP contribution in [0.25, 0.3) is 5.82 Å². The summed E-state index contributed by atoms with van der Waals surface area (Å²) in [4.78, 5) is 23.0. The number of hydrogen-bond acceptors (Lipinski definition) is 4. The Bertz CT molecular complexity index is 798. The van der Waals surface area contributed by atoms with Crippen LogP contribution >= 0.6 is 0 Å². The van der Waals surface area contributed by atoms with E-state index in [9.17, 15) is 4.79 Å². The van der Waals surface area contributed by atoms with Crippen LogP contribution in [0.1, 0.15) is 5.56 Å². The van der Waals surface area contributed by atoms with Gasteiger partial charge in [0.2, 0.25) is 5.91 Å². The van der Waals surface area contributed by atoms with Crippen LogP contribution in [-0.2, 0) is 11.2 Å². The predicted octanol–water partition coefficient (Wildman–Crippen LogP) is 2.38. The molecule has 0 aliphatic carbocycles. The Morgan fingerprint density at radius 1 is 1.20 bits per heavy atom. The van der Waals surface area contributed by atoms with Crippen LogP contribution in [-0.4, -0.2) is 45.5 Å². The molecule has 0 spiro atoms. The molecule has 6 heteroatoms. The van der Waals surface area contributed by atoms with Gasteiger partial charge in [0.15, 0.2) is 0 Å². The number of carbonyl (C=O) groups excluding carboxylic acids is 1. The first-order valence-corrected chi connectivity index (χ1v) is 8.09. The zero-order valence-electron chi connectivity index (χ0n) is 14.3. The molecule has 0 saturated carbocycles. The topological polar surface area (TPSA) is 63.1 Å². The number of benzene rings is 1. The van der Waals surface area contributed by atoms with Gasteiger partial charge in [-0.1, -0.05) is 30.3 Å². The van der Waals surface area contributed by atoms with Crippen LogP contribution in [0, 0.1) is 0 Å². The van der Waals surface area contributed by atoms with Crippen molar-refractivity contribution in [2.45, 2.75) is 12.5 Å². The molecule has 0 aliphatic heterocycles. The summed E-state index contributed by atoms with van der Waals surface area (Å²) in [7, 11) is 3.82. The average Bonchev–Trinajstić information content (AvgIpc) is 3.15. The standard InChI is InChI=1S/C19H21N5O/c1-23(2)17(12-15-6-4-3-5-7-15)19(25)22-16-8-9-18(21-13-16)24-11-10-20-14-24/h3-11,13-14,17H,12H2,1-2H3,(H,22,25)/t17-/m0/s1. The highest BCUT2D eigenvalue weighted by Crippen LogP contribution is 2.13. The van der Waals surface area contributed by atoms with E-state index in [1.165, 1.54) is 0 Å². The lowest BCUT2D eigenvalue weighted by Crippen LogP contribution is -2.41. The number of likely N-dealkylation sites (N-methyl/N-ethyl adjacent to an activating group) is 1. The highest BCUT2D eigenvalue weighted by Gasteiger charge is 2.21. The van der Waals surface area contributed by atoms with E-state index < -0.39 is 0 Å². The van der Waals surface area contributed by atoms with Gasteiger partial charge in [0.05, 0.1) is 17.9 Å². The van der Waals surface area contributed by atoms with Gasteiger partial charge < -0.3 is 5.32 Å². The molecule has 3 rings (SSSR count). The first kappa shape index (κ1) is 16.9. The summed E-state index contributed by atoms with van der Waals surface area (Å²) in [5, 5.41) is 2.95. The van der Waals surface area contributed by atoms with Gasteiger partial charge in [-0.2, -0.15) is 0 Å². The van der Waals surface area contributed by atoms with Gasteiger partial charge in [0, 0.05) is 12.4 Å². The Balaban J connectivity index is 1.68. The van der Waals surface area contributed by atoms with Crippen molar-refractivity contribution >= 4 is 11.6 Å². The van der Waals surface area contributed by atoms with Crippen molar-refractivity contribution in [2.75, 3.05) is 19.4 Å². The minimum absolute atomic E-state index is 0.0500. The molecule has 0 aliphatic rings. The van der Waals surface area contributed by atoms with Gasteiger partial charge in [0.25, 0.3) is 0 Å². The molecular weight excluding hydrogens is 314 g/mol. The molecule has 6 nitrogen and oxygen atoms in total. The minimum Gasteiger partial charge on any atom is -0.323 e. The first-order chi connectivity index (χ1) is 12.1. The first-order valence-electron chi connectivity index (χ1n) is 8.09. The third-order valence-corrected chi connectivity index (χ3v) is 3.98. The fourth-order valence-electron chi connectivity index (χ4n) is 2.58. The number of aromatic nitrogens is 3. The van der Waals surface area contributed by atoms with E-state index in [4.69, 9.17) is 0 Å². The van der Waals surface area contributed by atoms with E-state index >= 15 is 0 Å². The number of nitrogens with zero attached hydrogens (tertiary/aromatic N) is 4. The molecule has 1 aromatic carbocycles. The number of rotatable bonds is 6. The summed E-state index contributed by atoms with van der Waals surface area (Å²) in [6, 6.07) is 13.4. The second kappa shape index (κ2) is 7.72. The Hall–Kier alpha value is -2.99. The molecule has 1 atom stereocenters. The molecule has 128 valence electrons. The normalized spacial score (nSPS) is 12.1. The summed E-state index contributed by atoms with van der Waals surface area (Å²) in [5.74, 6) is 0.704. The molecule has 1 amide bonds. The van der Waals surface area contributed by atoms with Crippen LogP contribution in [0.15, 0.2) is 67.4 Å². The maximum atomic E-state index is 12.7. The van der Waals surface area contributed by atoms with E-state index in [0.29, 0.717) is 12.1 Å². The third-order valence-electron chi connectivity index (χ3n) is 3.98. The van der Waals surface area contributed by atoms with Crippen molar-refractivity contribution < 1.29 is 4.79 Å². The maximum absolute atomic E-state index is 12.7. The van der Waals surface area contributed by atoms with Crippen LogP contribution in [0.5, 0.6) is 0 Å². The summed E-state index contributed by atoms with van der Waals surface area (Å²) in [5.41, 5.74) is 1.80. The number of carbonyl (C=O) groups is 1. The van der Waals surface area contributed by atoms with E-state index in [-0.39, 0.29) is 11.9 Å². The van der Waals surface area contributed by atoms with E-state index in [2.05, 4.69) is 15.3 Å². The number of anilines is 1. The van der Waals surface area contributed by atoms with Crippen LogP contribution in [0.2, 0.25) is 0 Å². The molecule has 25 heavy (non-hydrogen) atoms. The minimum atomic E-state index is -0.254. The van der Waals surface area contributed by atoms with Crippen molar-refractivity contribution in [1.29, 1.82) is 0 Å². The molecule has 2 aromatic heterocycles. The van der Waals surface area contributed by atoms with Crippen LogP contribution in [0.4, 0.5) is 5.69 Å². The molecule has 0 saturated heterocycles. The Morgan fingerprint density at radius 3 is 2.60 bits per heavy atom. The maximum Gasteiger partial charge on any atom is 0.242 e. The lowest BCUT2D eigenvalue weighted by molar-refractivity contribution is -0.120. The van der Waals surface area contributed by atoms with Crippen LogP contribution in [0.3, 0.4) is 0 Å². The fourth-order valence-corrected chi connectivity index (χ4v) is 2.58. The van der Waals surface area contributed by atoms with Gasteiger partial charge in [-0.25, -0.2) is 9.97 Å². The van der Waals surface area contributed by atoms with Gasteiger partial charge in [-0.15, -0.1) is 0 Å². The Morgan fingerprint density at radius 2 is 2.00 bits per heavy atom. The summed E-state index contributed by atoms with van der Waals surface area (Å²) in [6.45, 7) is 0. The number of nitrogens with one attached hydrogen (secondary N) is 1. The third kappa shape index (κ3) is 4.30. The van der Waals surface area contributed by atoms with Crippen molar-refractivity contribution in [2.24, 2.45) is 0 Å². The van der Waals surface area contributed by atoms with E-state index in [1.54, 1.807) is 18.7 Å². The zero-order chi connectivity index (χ0) is 17.6. The monoisotopic (exact) mass is 335 g/mol. The van der Waals surface area contributed by atoms with E-state index in [1.807, 2.05) is 72.2 Å². The molecule has 1 N–H and O–H groups in total. The lowest BCUT2D eigenvalue weighted by atomic mass is 10.0. The van der Waals surface area contributed by atoms with Crippen molar-refractivity contribution in [3.05, 3.63) is 72.9 Å². The largest absolute Gasteiger partial charge is 0.323 e. The second-order valence-electron chi connectivity index (χ2n) is 6.03. The number of imidazole rings is 1. The quantitative estimate of drug-likeness (QED) is 0.751. The van der Waals surface area contributed by atoms with Crippen molar-refractivity contribution in [3.8, 4) is 5.82 Å². The SMILES string of the molecule is CN(C)[C@@H](Cc1ccccc1)C(=O)Nc1ccc(-n2ccnc2)nc1. The van der Waals surface area contributed by atoms with Crippen molar-refractivity contribution in [3.63, 3.8) is 0 Å². The fraction of sp³-hybridized carbons (Fsp3) is 0.211. The summed E-state index contributed by atoms with van der Waals surface area (Å²) < 4.78 is 1.81. The summed E-state index contributed by atoms with van der Waals surface area (Å²) >= 11 is 0. The highest BCUT2D eigenvalue weighted by atomic mass is 16.2. The molecule has 2 heterocycles. The lowest BCUT2D eigenvalue weighted by Gasteiger charge is -2.23. The molecule has 0 unspecified atom stereocenters. The molecule has 0 fully saturated rings. The number of hydrogen-bond donors (Lipinski definition) is 1. The van der Waals surface area contributed by atoms with E-state index in [0.717, 1.165) is 11.4 Å². The van der Waals surface area contributed by atoms with Gasteiger partial charge >= 0.3 is 0 Å². The molecular formula is C19H21N5O. The molecule has 0 bridgehead atoms.